The summed E-state index contributed by atoms with van der Waals surface area (Å²) in [5.41, 5.74) is 1.86. The lowest BCUT2D eigenvalue weighted by Gasteiger charge is -2.22. The summed E-state index contributed by atoms with van der Waals surface area (Å²) in [7, 11) is 0. The molecule has 0 aliphatic rings. The van der Waals surface area contributed by atoms with E-state index in [0.717, 1.165) is 5.69 Å². The maximum atomic E-state index is 13.2. The Morgan fingerprint density at radius 3 is 2.33 bits per heavy atom. The Morgan fingerprint density at radius 2 is 1.81 bits per heavy atom. The van der Waals surface area contributed by atoms with Crippen LogP contribution in [0.25, 0.3) is 5.69 Å². The normalized spacial score (nSPS) is 11.1. The highest BCUT2D eigenvalue weighted by atomic mass is 19.1. The average molecular weight is 374 g/mol. The Balaban J connectivity index is 2.35. The minimum atomic E-state index is -0.332. The number of hydrogen-bond acceptors (Lipinski definition) is 3. The molecule has 0 aliphatic heterocycles. The highest BCUT2D eigenvalue weighted by Crippen LogP contribution is 2.24. The van der Waals surface area contributed by atoms with Crippen molar-refractivity contribution < 1.29 is 14.0 Å². The molecule has 0 spiro atoms. The summed E-state index contributed by atoms with van der Waals surface area (Å²) < 4.78 is 14.9. The number of rotatable bonds is 7. The van der Waals surface area contributed by atoms with Gasteiger partial charge >= 0.3 is 0 Å². The first-order valence-corrected chi connectivity index (χ1v) is 9.17. The number of nitrogens with zero attached hydrogens (tertiary/aromatic N) is 3. The van der Waals surface area contributed by atoms with Crippen LogP contribution in [-0.2, 0) is 4.79 Å². The molecule has 0 saturated heterocycles. The molecule has 6 nitrogen and oxygen atoms in total. The van der Waals surface area contributed by atoms with Crippen molar-refractivity contribution >= 4 is 11.8 Å². The van der Waals surface area contributed by atoms with Crippen LogP contribution >= 0.6 is 0 Å². The summed E-state index contributed by atoms with van der Waals surface area (Å²) in [5.74, 6) is -0.757. The zero-order chi connectivity index (χ0) is 20.1. The summed E-state index contributed by atoms with van der Waals surface area (Å²) in [4.78, 5) is 26.6. The minimum Gasteiger partial charge on any atom is -0.352 e. The summed E-state index contributed by atoms with van der Waals surface area (Å²) in [6, 6.07) is 5.97. The Bertz CT molecular complexity index is 797. The van der Waals surface area contributed by atoms with Crippen LogP contribution in [0.3, 0.4) is 0 Å². The van der Waals surface area contributed by atoms with Crippen molar-refractivity contribution in [1.82, 2.24) is 20.0 Å². The fourth-order valence-electron chi connectivity index (χ4n) is 2.90. The molecule has 0 bridgehead atoms. The maximum Gasteiger partial charge on any atom is 0.257 e. The van der Waals surface area contributed by atoms with Crippen LogP contribution in [0, 0.1) is 5.82 Å². The quantitative estimate of drug-likeness (QED) is 0.810. The lowest BCUT2D eigenvalue weighted by Crippen LogP contribution is -2.42. The van der Waals surface area contributed by atoms with Crippen molar-refractivity contribution in [2.45, 2.75) is 46.6 Å². The van der Waals surface area contributed by atoms with Gasteiger partial charge in [0, 0.05) is 12.6 Å². The van der Waals surface area contributed by atoms with Gasteiger partial charge in [-0.1, -0.05) is 13.8 Å². The second-order valence-corrected chi connectivity index (χ2v) is 7.03. The van der Waals surface area contributed by atoms with Gasteiger partial charge in [-0.25, -0.2) is 9.07 Å². The van der Waals surface area contributed by atoms with Gasteiger partial charge in [0.05, 0.1) is 29.7 Å². The predicted octanol–water partition coefficient (Wildman–Crippen LogP) is 3.12. The van der Waals surface area contributed by atoms with E-state index in [1.807, 2.05) is 34.6 Å². The maximum absolute atomic E-state index is 13.2. The smallest absolute Gasteiger partial charge is 0.257 e. The van der Waals surface area contributed by atoms with Crippen molar-refractivity contribution in [1.29, 1.82) is 0 Å². The van der Waals surface area contributed by atoms with Crippen LogP contribution in [0.1, 0.15) is 56.6 Å². The van der Waals surface area contributed by atoms with Gasteiger partial charge in [0.2, 0.25) is 5.91 Å². The van der Waals surface area contributed by atoms with Gasteiger partial charge in [0.1, 0.15) is 5.82 Å². The lowest BCUT2D eigenvalue weighted by atomic mass is 10.0. The molecule has 1 N–H and O–H groups in total. The van der Waals surface area contributed by atoms with Gasteiger partial charge in [-0.15, -0.1) is 0 Å². The molecule has 0 aliphatic carbocycles. The van der Waals surface area contributed by atoms with E-state index in [0.29, 0.717) is 17.8 Å². The van der Waals surface area contributed by atoms with Crippen LogP contribution < -0.4 is 5.32 Å². The van der Waals surface area contributed by atoms with Crippen molar-refractivity contribution in [3.05, 3.63) is 47.5 Å². The second-order valence-electron chi connectivity index (χ2n) is 7.03. The molecular formula is C20H27FN4O2. The van der Waals surface area contributed by atoms with Crippen molar-refractivity contribution in [2.75, 3.05) is 13.1 Å². The second kappa shape index (κ2) is 8.79. The van der Waals surface area contributed by atoms with Gasteiger partial charge in [0.25, 0.3) is 5.91 Å². The van der Waals surface area contributed by atoms with Gasteiger partial charge in [-0.05, 0) is 51.0 Å². The number of nitrogens with one attached hydrogen (secondary N) is 1. The fraction of sp³-hybridized carbons (Fsp3) is 0.450. The van der Waals surface area contributed by atoms with E-state index in [1.54, 1.807) is 16.8 Å². The highest BCUT2D eigenvalue weighted by Gasteiger charge is 2.25. The third-order valence-corrected chi connectivity index (χ3v) is 4.11. The number of carbonyl (C=O) groups excluding carboxylic acids is 2. The third kappa shape index (κ3) is 4.93. The standard InChI is InChI=1S/C20H27FN4O2/c1-6-24(12-18(26)23-14(4)5)20(27)17-11-22-25(19(17)13(2)3)16-9-7-15(21)8-10-16/h7-11,13-14H,6,12H2,1-5H3,(H,23,26). The number of carbonyl (C=O) groups is 2. The number of hydrogen-bond donors (Lipinski definition) is 1. The van der Waals surface area contributed by atoms with Crippen molar-refractivity contribution in [3.63, 3.8) is 0 Å². The molecule has 0 atom stereocenters. The molecule has 1 aromatic heterocycles. The molecule has 27 heavy (non-hydrogen) atoms. The van der Waals surface area contributed by atoms with E-state index in [9.17, 15) is 14.0 Å². The van der Waals surface area contributed by atoms with Crippen LogP contribution in [0.2, 0.25) is 0 Å². The first kappa shape index (κ1) is 20.6. The van der Waals surface area contributed by atoms with E-state index >= 15 is 0 Å². The molecule has 7 heteroatoms. The molecule has 1 aromatic carbocycles. The summed E-state index contributed by atoms with van der Waals surface area (Å²) >= 11 is 0. The average Bonchev–Trinajstić information content (AvgIpc) is 3.04. The largest absolute Gasteiger partial charge is 0.352 e. The molecule has 2 rings (SSSR count). The minimum absolute atomic E-state index is 0.00717. The van der Waals surface area contributed by atoms with Crippen LogP contribution in [0.15, 0.2) is 30.5 Å². The number of amides is 2. The molecular weight excluding hydrogens is 347 g/mol. The Morgan fingerprint density at radius 1 is 1.19 bits per heavy atom. The highest BCUT2D eigenvalue weighted by molar-refractivity contribution is 5.97. The number of likely N-dealkylation sites (N-methyl/N-ethyl adjacent to an activating group) is 1. The number of halogens is 1. The van der Waals surface area contributed by atoms with Crippen LogP contribution in [-0.4, -0.2) is 45.6 Å². The Labute approximate surface area is 159 Å². The van der Waals surface area contributed by atoms with Gasteiger partial charge in [-0.3, -0.25) is 9.59 Å². The molecule has 0 fully saturated rings. The topological polar surface area (TPSA) is 67.2 Å². The Hall–Kier alpha value is -2.70. The Kier molecular flexibility index (Phi) is 6.71. The summed E-state index contributed by atoms with van der Waals surface area (Å²) in [6.45, 7) is 9.92. The SMILES string of the molecule is CCN(CC(=O)NC(C)C)C(=O)c1cnn(-c2ccc(F)cc2)c1C(C)C. The van der Waals surface area contributed by atoms with Gasteiger partial charge < -0.3 is 10.2 Å². The zero-order valence-corrected chi connectivity index (χ0v) is 16.5. The summed E-state index contributed by atoms with van der Waals surface area (Å²) in [5, 5.41) is 7.15. The van der Waals surface area contributed by atoms with E-state index in [4.69, 9.17) is 0 Å². The number of benzene rings is 1. The van der Waals surface area contributed by atoms with Crippen molar-refractivity contribution in [3.8, 4) is 5.69 Å². The predicted molar refractivity (Wildman–Crippen MR) is 102 cm³/mol. The summed E-state index contributed by atoms with van der Waals surface area (Å²) in [6.07, 6.45) is 1.52. The zero-order valence-electron chi connectivity index (χ0n) is 16.5. The third-order valence-electron chi connectivity index (χ3n) is 4.11. The van der Waals surface area contributed by atoms with E-state index < -0.39 is 0 Å². The van der Waals surface area contributed by atoms with E-state index in [-0.39, 0.29) is 36.1 Å². The van der Waals surface area contributed by atoms with Gasteiger partial charge in [0.15, 0.2) is 0 Å². The lowest BCUT2D eigenvalue weighted by molar-refractivity contribution is -0.122. The first-order valence-electron chi connectivity index (χ1n) is 9.17. The van der Waals surface area contributed by atoms with Gasteiger partial charge in [-0.2, -0.15) is 5.10 Å². The van der Waals surface area contributed by atoms with Crippen LogP contribution in [0.4, 0.5) is 4.39 Å². The molecule has 0 unspecified atom stereocenters. The molecule has 1 heterocycles. The van der Waals surface area contributed by atoms with E-state index in [1.165, 1.54) is 23.2 Å². The molecule has 0 radical (unpaired) electrons. The molecule has 0 saturated carbocycles. The first-order chi connectivity index (χ1) is 12.7. The molecule has 2 aromatic rings. The number of aromatic nitrogens is 2. The fourth-order valence-corrected chi connectivity index (χ4v) is 2.90. The van der Waals surface area contributed by atoms with Crippen LogP contribution in [0.5, 0.6) is 0 Å². The van der Waals surface area contributed by atoms with Crippen molar-refractivity contribution in [2.24, 2.45) is 0 Å². The monoisotopic (exact) mass is 374 g/mol. The molecule has 146 valence electrons. The van der Waals surface area contributed by atoms with E-state index in [2.05, 4.69) is 10.4 Å². The molecule has 2 amide bonds.